The molecule has 0 bridgehead atoms. The van der Waals surface area contributed by atoms with E-state index in [0.717, 1.165) is 22.8 Å². The Morgan fingerprint density at radius 2 is 1.92 bits per heavy atom. The molecular weight excluding hydrogens is 350 g/mol. The quantitative estimate of drug-likeness (QED) is 0.711. The Hall–Kier alpha value is -2.05. The lowest BCUT2D eigenvalue weighted by Crippen LogP contribution is -2.22. The van der Waals surface area contributed by atoms with Crippen molar-refractivity contribution < 1.29 is 4.79 Å². The molecule has 1 aliphatic rings. The first-order valence-electron chi connectivity index (χ1n) is 8.21. The monoisotopic (exact) mass is 369 g/mol. The predicted octanol–water partition coefficient (Wildman–Crippen LogP) is 4.71. The number of hydrogen-bond donors (Lipinski definition) is 1. The maximum Gasteiger partial charge on any atom is 0.238 e. The highest BCUT2D eigenvalue weighted by molar-refractivity contribution is 8.01. The molecule has 1 amide bonds. The fourth-order valence-corrected chi connectivity index (χ4v) is 5.32. The fraction of sp³-hybridized carbons (Fsp3) is 0.263. The van der Waals surface area contributed by atoms with E-state index >= 15 is 0 Å². The summed E-state index contributed by atoms with van der Waals surface area (Å²) in [5, 5.41) is 9.94. The minimum Gasteiger partial charge on any atom is -0.309 e. The third-order valence-electron chi connectivity index (χ3n) is 4.40. The number of carbonyl (C=O) groups is 1. The van der Waals surface area contributed by atoms with Crippen molar-refractivity contribution in [3.05, 3.63) is 63.5 Å². The minimum absolute atomic E-state index is 0.0265. The van der Waals surface area contributed by atoms with Crippen molar-refractivity contribution in [1.29, 1.82) is 0 Å². The van der Waals surface area contributed by atoms with Crippen molar-refractivity contribution in [2.24, 2.45) is 0 Å². The van der Waals surface area contributed by atoms with Crippen molar-refractivity contribution in [1.82, 2.24) is 9.78 Å². The van der Waals surface area contributed by atoms with Gasteiger partial charge in [0.15, 0.2) is 0 Å². The molecule has 3 aromatic rings. The first-order valence-corrected chi connectivity index (χ1v) is 10.0. The summed E-state index contributed by atoms with van der Waals surface area (Å²) in [6.45, 7) is 6.05. The highest BCUT2D eigenvalue weighted by Crippen LogP contribution is 2.47. The zero-order chi connectivity index (χ0) is 17.6. The van der Waals surface area contributed by atoms with Crippen LogP contribution in [-0.2, 0) is 4.79 Å². The molecule has 3 heterocycles. The van der Waals surface area contributed by atoms with Crippen LogP contribution in [0.15, 0.2) is 41.8 Å². The molecule has 0 spiro atoms. The summed E-state index contributed by atoms with van der Waals surface area (Å²) in [5.74, 6) is 0.820. The van der Waals surface area contributed by atoms with Gasteiger partial charge in [0.25, 0.3) is 0 Å². The number of aromatic nitrogens is 2. The number of benzene rings is 1. The van der Waals surface area contributed by atoms with Crippen LogP contribution in [0.1, 0.15) is 33.9 Å². The van der Waals surface area contributed by atoms with Crippen LogP contribution in [0.3, 0.4) is 0 Å². The van der Waals surface area contributed by atoms with Crippen LogP contribution in [0.25, 0.3) is 5.69 Å². The molecule has 1 aliphatic heterocycles. The molecule has 4 rings (SSSR count). The van der Waals surface area contributed by atoms with Crippen LogP contribution in [0, 0.1) is 13.8 Å². The Morgan fingerprint density at radius 3 is 2.60 bits per heavy atom. The number of nitrogens with zero attached hydrogens (tertiary/aromatic N) is 2. The van der Waals surface area contributed by atoms with Gasteiger partial charge in [-0.25, -0.2) is 4.68 Å². The second kappa shape index (κ2) is 6.35. The van der Waals surface area contributed by atoms with Gasteiger partial charge in [0.1, 0.15) is 5.82 Å². The highest BCUT2D eigenvalue weighted by atomic mass is 32.2. The summed E-state index contributed by atoms with van der Waals surface area (Å²) in [6.07, 6.45) is 0. The van der Waals surface area contributed by atoms with Crippen LogP contribution in [0.2, 0.25) is 0 Å². The normalized spacial score (nSPS) is 20.0. The van der Waals surface area contributed by atoms with E-state index in [1.807, 2.05) is 30.7 Å². The smallest absolute Gasteiger partial charge is 0.238 e. The summed E-state index contributed by atoms with van der Waals surface area (Å²) < 4.78 is 1.86. The van der Waals surface area contributed by atoms with Gasteiger partial charge in [-0.3, -0.25) is 4.79 Å². The second-order valence-electron chi connectivity index (χ2n) is 6.26. The molecule has 0 radical (unpaired) electrons. The van der Waals surface area contributed by atoms with Crippen molar-refractivity contribution >= 4 is 34.8 Å². The van der Waals surface area contributed by atoms with E-state index < -0.39 is 0 Å². The van der Waals surface area contributed by atoms with Gasteiger partial charge in [-0.1, -0.05) is 23.8 Å². The number of hydrogen-bond acceptors (Lipinski definition) is 4. The Labute approximate surface area is 155 Å². The predicted molar refractivity (Wildman–Crippen MR) is 105 cm³/mol. The SMILES string of the molecule is Cc1ccc(-n2nc(C)c3c2NC(=O)[C@H](C)S[C@@H]3c2cccs2)cc1. The van der Waals surface area contributed by atoms with E-state index in [1.54, 1.807) is 23.1 Å². The molecule has 2 atom stereocenters. The molecule has 25 heavy (non-hydrogen) atoms. The van der Waals surface area contributed by atoms with Crippen molar-refractivity contribution in [3.8, 4) is 5.69 Å². The Bertz CT molecular complexity index is 913. The maximum absolute atomic E-state index is 12.6. The first kappa shape index (κ1) is 16.4. The van der Waals surface area contributed by atoms with Gasteiger partial charge in [0, 0.05) is 10.4 Å². The molecule has 0 unspecified atom stereocenters. The van der Waals surface area contributed by atoms with Gasteiger partial charge < -0.3 is 5.32 Å². The minimum atomic E-state index is -0.120. The number of aryl methyl sites for hydroxylation is 2. The summed E-state index contributed by atoms with van der Waals surface area (Å²) in [6, 6.07) is 12.4. The lowest BCUT2D eigenvalue weighted by molar-refractivity contribution is -0.115. The lowest BCUT2D eigenvalue weighted by atomic mass is 10.1. The fourth-order valence-electron chi connectivity index (χ4n) is 3.05. The molecule has 2 aromatic heterocycles. The summed E-state index contributed by atoms with van der Waals surface area (Å²) >= 11 is 3.41. The van der Waals surface area contributed by atoms with Gasteiger partial charge in [-0.15, -0.1) is 23.1 Å². The number of rotatable bonds is 2. The molecule has 1 N–H and O–H groups in total. The summed E-state index contributed by atoms with van der Waals surface area (Å²) in [4.78, 5) is 13.8. The van der Waals surface area contributed by atoms with Crippen molar-refractivity contribution in [2.75, 3.05) is 5.32 Å². The summed E-state index contributed by atoms with van der Waals surface area (Å²) in [7, 11) is 0. The molecule has 0 fully saturated rings. The molecule has 0 saturated heterocycles. The van der Waals surface area contributed by atoms with Crippen LogP contribution in [0.5, 0.6) is 0 Å². The molecule has 0 aliphatic carbocycles. The molecule has 4 nitrogen and oxygen atoms in total. The van der Waals surface area contributed by atoms with Crippen LogP contribution in [0.4, 0.5) is 5.82 Å². The number of anilines is 1. The van der Waals surface area contributed by atoms with Crippen LogP contribution in [-0.4, -0.2) is 20.9 Å². The average molecular weight is 370 g/mol. The highest BCUT2D eigenvalue weighted by Gasteiger charge is 2.34. The molecule has 6 heteroatoms. The first-order chi connectivity index (χ1) is 12.0. The van der Waals surface area contributed by atoms with Gasteiger partial charge in [-0.05, 0) is 44.4 Å². The zero-order valence-corrected chi connectivity index (χ0v) is 15.9. The van der Waals surface area contributed by atoms with Gasteiger partial charge in [-0.2, -0.15) is 5.10 Å². The number of amides is 1. The molecular formula is C19H19N3OS2. The topological polar surface area (TPSA) is 46.9 Å². The molecule has 128 valence electrons. The lowest BCUT2D eigenvalue weighted by Gasteiger charge is -2.15. The van der Waals surface area contributed by atoms with Gasteiger partial charge >= 0.3 is 0 Å². The molecule has 1 aromatic carbocycles. The number of thiophene rings is 1. The van der Waals surface area contributed by atoms with Crippen LogP contribution >= 0.6 is 23.1 Å². The number of thioether (sulfide) groups is 1. The number of fused-ring (bicyclic) bond motifs is 1. The Balaban J connectivity index is 1.90. The standard InChI is InChI=1S/C19H19N3OS2/c1-11-6-8-14(9-7-11)22-18-16(12(2)21-22)17(15-5-4-10-24-15)25-13(3)19(23)20-18/h4-10,13,17H,1-3H3,(H,20,23)/t13-,17+/m0/s1. The zero-order valence-electron chi connectivity index (χ0n) is 14.3. The van der Waals surface area contributed by atoms with Crippen molar-refractivity contribution in [2.45, 2.75) is 31.3 Å². The summed E-state index contributed by atoms with van der Waals surface area (Å²) in [5.41, 5.74) is 4.21. The number of nitrogens with one attached hydrogen (secondary N) is 1. The largest absolute Gasteiger partial charge is 0.309 e. The Morgan fingerprint density at radius 1 is 1.16 bits per heavy atom. The van der Waals surface area contributed by atoms with Crippen LogP contribution < -0.4 is 5.32 Å². The second-order valence-corrected chi connectivity index (χ2v) is 8.69. The Kier molecular flexibility index (Phi) is 4.17. The van der Waals surface area contributed by atoms with Gasteiger partial charge in [0.05, 0.1) is 21.9 Å². The van der Waals surface area contributed by atoms with E-state index in [-0.39, 0.29) is 16.4 Å². The molecule has 0 saturated carbocycles. The van der Waals surface area contributed by atoms with Crippen molar-refractivity contribution in [3.63, 3.8) is 0 Å². The van der Waals surface area contributed by atoms with E-state index in [9.17, 15) is 4.79 Å². The van der Waals surface area contributed by atoms with E-state index in [1.165, 1.54) is 10.4 Å². The van der Waals surface area contributed by atoms with E-state index in [4.69, 9.17) is 5.10 Å². The van der Waals surface area contributed by atoms with E-state index in [0.29, 0.717) is 0 Å². The van der Waals surface area contributed by atoms with Gasteiger partial charge in [0.2, 0.25) is 5.91 Å². The third-order valence-corrected chi connectivity index (χ3v) is 6.87. The third kappa shape index (κ3) is 2.89. The number of carbonyl (C=O) groups excluding carboxylic acids is 1. The van der Waals surface area contributed by atoms with E-state index in [2.05, 4.69) is 41.9 Å². The maximum atomic E-state index is 12.6. The average Bonchev–Trinajstić information content (AvgIpc) is 3.19.